The van der Waals surface area contributed by atoms with Gasteiger partial charge in [-0.25, -0.2) is 0 Å². The van der Waals surface area contributed by atoms with Crippen molar-refractivity contribution < 1.29 is 0 Å². The summed E-state index contributed by atoms with van der Waals surface area (Å²) in [5.41, 5.74) is 4.46. The summed E-state index contributed by atoms with van der Waals surface area (Å²) in [4.78, 5) is 0. The van der Waals surface area contributed by atoms with Gasteiger partial charge in [-0.05, 0) is 54.2 Å². The fourth-order valence-corrected chi connectivity index (χ4v) is 3.48. The van der Waals surface area contributed by atoms with Gasteiger partial charge in [0.2, 0.25) is 0 Å². The zero-order chi connectivity index (χ0) is 14.5. The van der Waals surface area contributed by atoms with Crippen LogP contribution >= 0.6 is 0 Å². The van der Waals surface area contributed by atoms with Gasteiger partial charge in [0.1, 0.15) is 0 Å². The molecule has 0 heteroatoms. The first kappa shape index (κ1) is 14.4. The maximum absolute atomic E-state index is 2.39. The molecule has 0 N–H and O–H groups in total. The van der Waals surface area contributed by atoms with E-state index in [1.165, 1.54) is 36.8 Å². The second-order valence-electron chi connectivity index (χ2n) is 6.68. The summed E-state index contributed by atoms with van der Waals surface area (Å²) in [6.45, 7) is 2.39. The van der Waals surface area contributed by atoms with Crippen LogP contribution in [-0.4, -0.2) is 0 Å². The van der Waals surface area contributed by atoms with Gasteiger partial charge in [-0.3, -0.25) is 0 Å². The molecule has 2 aromatic rings. The maximum atomic E-state index is 2.39. The fraction of sp³-hybridized carbons (Fsp3) is 0.429. The molecular formula is C21H26. The van der Waals surface area contributed by atoms with E-state index in [2.05, 4.69) is 61.5 Å². The lowest BCUT2D eigenvalue weighted by Crippen LogP contribution is -2.10. The van der Waals surface area contributed by atoms with Crippen molar-refractivity contribution in [1.29, 1.82) is 0 Å². The van der Waals surface area contributed by atoms with Crippen molar-refractivity contribution in [3.05, 3.63) is 71.3 Å². The molecule has 0 unspecified atom stereocenters. The van der Waals surface area contributed by atoms with Gasteiger partial charge in [-0.1, -0.05) is 74.4 Å². The highest BCUT2D eigenvalue weighted by atomic mass is 14.2. The molecule has 0 amide bonds. The molecule has 0 spiro atoms. The Kier molecular flexibility index (Phi) is 4.75. The summed E-state index contributed by atoms with van der Waals surface area (Å²) >= 11 is 0. The Morgan fingerprint density at radius 1 is 0.714 bits per heavy atom. The normalized spacial score (nSPS) is 22.1. The Hall–Kier alpha value is -1.56. The van der Waals surface area contributed by atoms with Crippen molar-refractivity contribution in [1.82, 2.24) is 0 Å². The van der Waals surface area contributed by atoms with Gasteiger partial charge in [0.25, 0.3) is 0 Å². The first-order valence-corrected chi connectivity index (χ1v) is 8.44. The lowest BCUT2D eigenvalue weighted by Gasteiger charge is -2.26. The molecule has 1 saturated carbocycles. The van der Waals surface area contributed by atoms with E-state index < -0.39 is 0 Å². The van der Waals surface area contributed by atoms with Gasteiger partial charge in [0, 0.05) is 0 Å². The summed E-state index contributed by atoms with van der Waals surface area (Å²) in [5, 5.41) is 0. The van der Waals surface area contributed by atoms with Gasteiger partial charge in [0.05, 0.1) is 0 Å². The highest BCUT2D eigenvalue weighted by Crippen LogP contribution is 2.35. The minimum atomic E-state index is 0.810. The molecule has 0 aliphatic heterocycles. The smallest absolute Gasteiger partial charge is 0.0162 e. The second-order valence-corrected chi connectivity index (χ2v) is 6.68. The van der Waals surface area contributed by atoms with Crippen molar-refractivity contribution >= 4 is 0 Å². The van der Waals surface area contributed by atoms with Crippen LogP contribution in [0, 0.1) is 5.92 Å². The van der Waals surface area contributed by atoms with E-state index in [1.54, 1.807) is 5.56 Å². The van der Waals surface area contributed by atoms with E-state index in [0.717, 1.165) is 24.7 Å². The molecule has 2 aromatic carbocycles. The summed E-state index contributed by atoms with van der Waals surface area (Å²) in [7, 11) is 0. The van der Waals surface area contributed by atoms with Crippen molar-refractivity contribution in [2.24, 2.45) is 5.92 Å². The molecular weight excluding hydrogens is 252 g/mol. The van der Waals surface area contributed by atoms with Crippen LogP contribution in [0.5, 0.6) is 0 Å². The summed E-state index contributed by atoms with van der Waals surface area (Å²) in [6.07, 6.45) is 7.85. The van der Waals surface area contributed by atoms with Crippen molar-refractivity contribution in [3.8, 4) is 0 Å². The first-order chi connectivity index (χ1) is 10.3. The largest absolute Gasteiger partial charge is 0.0625 e. The third-order valence-corrected chi connectivity index (χ3v) is 5.01. The molecule has 0 heterocycles. The molecule has 0 bridgehead atoms. The van der Waals surface area contributed by atoms with Crippen LogP contribution in [0.4, 0.5) is 0 Å². The van der Waals surface area contributed by atoms with Crippen LogP contribution < -0.4 is 0 Å². The van der Waals surface area contributed by atoms with E-state index in [4.69, 9.17) is 0 Å². The molecule has 3 rings (SSSR count). The van der Waals surface area contributed by atoms with Crippen LogP contribution in [0.3, 0.4) is 0 Å². The molecule has 1 aliphatic carbocycles. The quantitative estimate of drug-likeness (QED) is 0.666. The van der Waals surface area contributed by atoms with Gasteiger partial charge in [0.15, 0.2) is 0 Å². The molecule has 110 valence electrons. The lowest BCUT2D eigenvalue weighted by atomic mass is 9.79. The molecule has 0 nitrogen and oxygen atoms in total. The van der Waals surface area contributed by atoms with E-state index in [9.17, 15) is 0 Å². The minimum Gasteiger partial charge on any atom is -0.0625 e. The summed E-state index contributed by atoms with van der Waals surface area (Å²) < 4.78 is 0. The molecule has 21 heavy (non-hydrogen) atoms. The second kappa shape index (κ2) is 6.93. The predicted molar refractivity (Wildman–Crippen MR) is 90.7 cm³/mol. The number of hydrogen-bond donors (Lipinski definition) is 0. The van der Waals surface area contributed by atoms with Crippen LogP contribution in [0.2, 0.25) is 0 Å². The standard InChI is InChI=1S/C21H26/c1-17-7-13-20(14-8-17)21-15-11-19(12-16-21)10-9-18-5-3-2-4-6-18/h2-6,11-12,15-17,20H,7-10,13-14H2,1H3. The number of aryl methyl sites for hydroxylation is 2. The number of rotatable bonds is 4. The molecule has 1 aliphatic rings. The van der Waals surface area contributed by atoms with Crippen molar-refractivity contribution in [3.63, 3.8) is 0 Å². The van der Waals surface area contributed by atoms with Gasteiger partial charge >= 0.3 is 0 Å². The molecule has 0 saturated heterocycles. The van der Waals surface area contributed by atoms with Crippen molar-refractivity contribution in [2.45, 2.75) is 51.4 Å². The maximum Gasteiger partial charge on any atom is -0.0162 e. The van der Waals surface area contributed by atoms with Gasteiger partial charge in [-0.2, -0.15) is 0 Å². The number of benzene rings is 2. The van der Waals surface area contributed by atoms with Crippen molar-refractivity contribution in [2.75, 3.05) is 0 Å². The summed E-state index contributed by atoms with van der Waals surface area (Å²) in [6, 6.07) is 20.2. The van der Waals surface area contributed by atoms with E-state index >= 15 is 0 Å². The van der Waals surface area contributed by atoms with Gasteiger partial charge < -0.3 is 0 Å². The average molecular weight is 278 g/mol. The van der Waals surface area contributed by atoms with E-state index in [-0.39, 0.29) is 0 Å². The SMILES string of the molecule is CC1CCC(c2ccc(CCc3ccccc3)cc2)CC1. The Bertz CT molecular complexity index is 530. The van der Waals surface area contributed by atoms with Crippen LogP contribution in [0.25, 0.3) is 0 Å². The molecule has 0 aromatic heterocycles. The Morgan fingerprint density at radius 2 is 1.29 bits per heavy atom. The highest BCUT2D eigenvalue weighted by Gasteiger charge is 2.19. The molecule has 0 atom stereocenters. The van der Waals surface area contributed by atoms with E-state index in [1.807, 2.05) is 0 Å². The average Bonchev–Trinajstić information content (AvgIpc) is 2.55. The molecule has 0 radical (unpaired) electrons. The van der Waals surface area contributed by atoms with Gasteiger partial charge in [-0.15, -0.1) is 0 Å². The third kappa shape index (κ3) is 3.97. The Labute approximate surface area is 129 Å². The zero-order valence-corrected chi connectivity index (χ0v) is 13.1. The lowest BCUT2D eigenvalue weighted by molar-refractivity contribution is 0.348. The first-order valence-electron chi connectivity index (χ1n) is 8.44. The highest BCUT2D eigenvalue weighted by molar-refractivity contribution is 5.27. The zero-order valence-electron chi connectivity index (χ0n) is 13.1. The summed E-state index contributed by atoms with van der Waals surface area (Å²) in [5.74, 6) is 1.75. The van der Waals surface area contributed by atoms with Crippen LogP contribution in [0.1, 0.15) is 55.2 Å². The van der Waals surface area contributed by atoms with Crippen LogP contribution in [0.15, 0.2) is 54.6 Å². The fourth-order valence-electron chi connectivity index (χ4n) is 3.48. The monoisotopic (exact) mass is 278 g/mol. The van der Waals surface area contributed by atoms with E-state index in [0.29, 0.717) is 0 Å². The number of hydrogen-bond acceptors (Lipinski definition) is 0. The topological polar surface area (TPSA) is 0 Å². The Morgan fingerprint density at radius 3 is 1.90 bits per heavy atom. The van der Waals surface area contributed by atoms with Crippen LogP contribution in [-0.2, 0) is 12.8 Å². The minimum absolute atomic E-state index is 0.810. The predicted octanol–water partition coefficient (Wildman–Crippen LogP) is 5.77. The Balaban J connectivity index is 1.57. The molecule has 1 fully saturated rings. The third-order valence-electron chi connectivity index (χ3n) is 5.01.